The van der Waals surface area contributed by atoms with Crippen LogP contribution in [0.3, 0.4) is 0 Å². The number of likely N-dealkylation sites (tertiary alicyclic amines) is 1. The Bertz CT molecular complexity index is 823. The van der Waals surface area contributed by atoms with E-state index < -0.39 is 5.82 Å². The van der Waals surface area contributed by atoms with E-state index in [1.165, 1.54) is 12.1 Å². The van der Waals surface area contributed by atoms with Crippen LogP contribution in [0.5, 0.6) is 0 Å². The van der Waals surface area contributed by atoms with Crippen LogP contribution in [-0.4, -0.2) is 29.9 Å². The molecule has 26 heavy (non-hydrogen) atoms. The second-order valence-corrected chi connectivity index (χ2v) is 7.03. The number of nitrogens with one attached hydrogen (secondary N) is 2. The van der Waals surface area contributed by atoms with Gasteiger partial charge >= 0.3 is 6.03 Å². The maximum absolute atomic E-state index is 13.2. The van der Waals surface area contributed by atoms with Crippen molar-refractivity contribution < 1.29 is 18.4 Å². The first-order valence-corrected chi connectivity index (χ1v) is 8.67. The number of benzene rings is 1. The summed E-state index contributed by atoms with van der Waals surface area (Å²) in [4.78, 5) is 26.4. The molecule has 1 aliphatic carbocycles. The molecule has 6 nitrogen and oxygen atoms in total. The summed E-state index contributed by atoms with van der Waals surface area (Å²) in [5.41, 5.74) is 0.312. The SMILES string of the molecule is O=C(NCc1ccco1)[C@H]1C[C@]12CCN(C(=O)Nc1cccc(F)c1)C2. The highest BCUT2D eigenvalue weighted by Crippen LogP contribution is 2.58. The van der Waals surface area contributed by atoms with Crippen LogP contribution in [0.2, 0.25) is 0 Å². The minimum absolute atomic E-state index is 0.00814. The van der Waals surface area contributed by atoms with Crippen LogP contribution in [0.1, 0.15) is 18.6 Å². The fourth-order valence-electron chi connectivity index (χ4n) is 3.72. The van der Waals surface area contributed by atoms with Gasteiger partial charge in [0, 0.05) is 30.1 Å². The summed E-state index contributed by atoms with van der Waals surface area (Å²) in [5, 5.41) is 5.61. The van der Waals surface area contributed by atoms with Crippen molar-refractivity contribution in [2.45, 2.75) is 19.4 Å². The van der Waals surface area contributed by atoms with Gasteiger partial charge in [0.2, 0.25) is 5.91 Å². The van der Waals surface area contributed by atoms with E-state index in [4.69, 9.17) is 4.42 Å². The summed E-state index contributed by atoms with van der Waals surface area (Å²) >= 11 is 0. The van der Waals surface area contributed by atoms with Gasteiger partial charge in [0.05, 0.1) is 12.8 Å². The van der Waals surface area contributed by atoms with E-state index >= 15 is 0 Å². The van der Waals surface area contributed by atoms with E-state index in [0.29, 0.717) is 25.3 Å². The van der Waals surface area contributed by atoms with Gasteiger partial charge in [0.15, 0.2) is 0 Å². The fourth-order valence-corrected chi connectivity index (χ4v) is 3.72. The highest BCUT2D eigenvalue weighted by Gasteiger charge is 2.61. The maximum atomic E-state index is 13.2. The molecule has 2 heterocycles. The summed E-state index contributed by atoms with van der Waals surface area (Å²) < 4.78 is 18.4. The predicted octanol–water partition coefficient (Wildman–Crippen LogP) is 2.98. The molecule has 7 heteroatoms. The fraction of sp³-hybridized carbons (Fsp3) is 0.368. The van der Waals surface area contributed by atoms with Gasteiger partial charge in [-0.1, -0.05) is 6.07 Å². The number of urea groups is 1. The molecule has 1 aromatic heterocycles. The Morgan fingerprint density at radius 2 is 2.19 bits per heavy atom. The molecular formula is C19H20FN3O3. The first-order valence-electron chi connectivity index (χ1n) is 8.67. The van der Waals surface area contributed by atoms with Gasteiger partial charge in [0.1, 0.15) is 11.6 Å². The lowest BCUT2D eigenvalue weighted by atomic mass is 10.0. The van der Waals surface area contributed by atoms with E-state index in [1.807, 2.05) is 6.07 Å². The van der Waals surface area contributed by atoms with Crippen LogP contribution < -0.4 is 10.6 Å². The third kappa shape index (κ3) is 3.29. The molecule has 1 saturated heterocycles. The van der Waals surface area contributed by atoms with Gasteiger partial charge < -0.3 is 20.0 Å². The average molecular weight is 357 g/mol. The molecular weight excluding hydrogens is 337 g/mol. The van der Waals surface area contributed by atoms with Crippen LogP contribution in [-0.2, 0) is 11.3 Å². The van der Waals surface area contributed by atoms with Crippen molar-refractivity contribution in [3.63, 3.8) is 0 Å². The molecule has 2 N–H and O–H groups in total. The molecule has 1 aromatic carbocycles. The number of hydrogen-bond donors (Lipinski definition) is 2. The number of carbonyl (C=O) groups is 2. The zero-order chi connectivity index (χ0) is 18.1. The summed E-state index contributed by atoms with van der Waals surface area (Å²) in [6.07, 6.45) is 3.18. The van der Waals surface area contributed by atoms with Gasteiger partial charge in [0.25, 0.3) is 0 Å². The Morgan fingerprint density at radius 1 is 1.31 bits per heavy atom. The number of hydrogen-bond acceptors (Lipinski definition) is 3. The van der Waals surface area contributed by atoms with Gasteiger partial charge in [-0.25, -0.2) is 9.18 Å². The monoisotopic (exact) mass is 357 g/mol. The van der Waals surface area contributed by atoms with Crippen LogP contribution in [0.25, 0.3) is 0 Å². The van der Waals surface area contributed by atoms with Crippen LogP contribution in [0.4, 0.5) is 14.9 Å². The number of anilines is 1. The Kier molecular flexibility index (Phi) is 4.14. The highest BCUT2D eigenvalue weighted by molar-refractivity contribution is 5.90. The summed E-state index contributed by atoms with van der Waals surface area (Å²) in [7, 11) is 0. The molecule has 2 aromatic rings. The predicted molar refractivity (Wildman–Crippen MR) is 92.7 cm³/mol. The van der Waals surface area contributed by atoms with Gasteiger partial charge in [-0.15, -0.1) is 0 Å². The number of halogens is 1. The van der Waals surface area contributed by atoms with Crippen molar-refractivity contribution in [3.8, 4) is 0 Å². The zero-order valence-corrected chi connectivity index (χ0v) is 14.2. The molecule has 1 spiro atoms. The van der Waals surface area contributed by atoms with Gasteiger partial charge in [-0.05, 0) is 43.2 Å². The van der Waals surface area contributed by atoms with Crippen LogP contribution in [0, 0.1) is 17.2 Å². The minimum Gasteiger partial charge on any atom is -0.467 e. The number of nitrogens with zero attached hydrogens (tertiary/aromatic N) is 1. The van der Waals surface area contributed by atoms with Gasteiger partial charge in [-0.3, -0.25) is 4.79 Å². The highest BCUT2D eigenvalue weighted by atomic mass is 19.1. The lowest BCUT2D eigenvalue weighted by Gasteiger charge is -2.17. The number of furan rings is 1. The summed E-state index contributed by atoms with van der Waals surface area (Å²) in [6, 6.07) is 9.16. The Hall–Kier alpha value is -2.83. The topological polar surface area (TPSA) is 74.6 Å². The Balaban J connectivity index is 1.29. The number of carbonyl (C=O) groups excluding carboxylic acids is 2. The number of amides is 3. The Morgan fingerprint density at radius 3 is 2.96 bits per heavy atom. The van der Waals surface area contributed by atoms with Crippen molar-refractivity contribution in [1.29, 1.82) is 0 Å². The van der Waals surface area contributed by atoms with Crippen molar-refractivity contribution in [3.05, 3.63) is 54.2 Å². The first-order chi connectivity index (χ1) is 12.6. The molecule has 3 amide bonds. The molecule has 1 saturated carbocycles. The molecule has 136 valence electrons. The quantitative estimate of drug-likeness (QED) is 0.883. The molecule has 2 atom stereocenters. The van der Waals surface area contributed by atoms with Crippen molar-refractivity contribution >= 4 is 17.6 Å². The first kappa shape index (κ1) is 16.6. The lowest BCUT2D eigenvalue weighted by molar-refractivity contribution is -0.123. The zero-order valence-electron chi connectivity index (χ0n) is 14.2. The molecule has 4 rings (SSSR count). The van der Waals surface area contributed by atoms with E-state index in [2.05, 4.69) is 10.6 Å². The molecule has 0 bridgehead atoms. The van der Waals surface area contributed by atoms with Crippen molar-refractivity contribution in [1.82, 2.24) is 10.2 Å². The summed E-state index contributed by atoms with van der Waals surface area (Å²) in [5.74, 6) is 0.268. The smallest absolute Gasteiger partial charge is 0.321 e. The van der Waals surface area contributed by atoms with Gasteiger partial charge in [-0.2, -0.15) is 0 Å². The lowest BCUT2D eigenvalue weighted by Crippen LogP contribution is -2.34. The third-order valence-corrected chi connectivity index (χ3v) is 5.27. The van der Waals surface area contributed by atoms with E-state index in [9.17, 15) is 14.0 Å². The molecule has 0 radical (unpaired) electrons. The second kappa shape index (κ2) is 6.48. The van der Waals surface area contributed by atoms with E-state index in [1.54, 1.807) is 29.4 Å². The normalized spacial score (nSPS) is 23.9. The maximum Gasteiger partial charge on any atom is 0.321 e. The number of rotatable bonds is 4. The van der Waals surface area contributed by atoms with E-state index in [-0.39, 0.29) is 23.3 Å². The minimum atomic E-state index is -0.392. The molecule has 2 aliphatic rings. The van der Waals surface area contributed by atoms with Crippen molar-refractivity contribution in [2.24, 2.45) is 11.3 Å². The van der Waals surface area contributed by atoms with Crippen molar-refractivity contribution in [2.75, 3.05) is 18.4 Å². The second-order valence-electron chi connectivity index (χ2n) is 7.03. The van der Waals surface area contributed by atoms with Crippen LogP contribution in [0.15, 0.2) is 47.1 Å². The average Bonchev–Trinajstić information content (AvgIpc) is 2.97. The van der Waals surface area contributed by atoms with E-state index in [0.717, 1.165) is 18.6 Å². The standard InChI is InChI=1S/C19H20FN3O3/c20-13-3-1-4-14(9-13)22-18(25)23-7-6-19(12-23)10-16(19)17(24)21-11-15-5-2-8-26-15/h1-5,8-9,16H,6-7,10-12H2,(H,21,24)(H,22,25)/t16-,19+/m1/s1. The molecule has 2 fully saturated rings. The molecule has 0 unspecified atom stereocenters. The third-order valence-electron chi connectivity index (χ3n) is 5.27. The largest absolute Gasteiger partial charge is 0.467 e. The molecule has 1 aliphatic heterocycles. The van der Waals surface area contributed by atoms with Crippen LogP contribution >= 0.6 is 0 Å². The Labute approximate surface area is 150 Å². The summed E-state index contributed by atoms with van der Waals surface area (Å²) in [6.45, 7) is 1.53.